The Kier molecular flexibility index (Phi) is 4.78. The minimum Gasteiger partial charge on any atom is -0.330 e. The average molecular weight is 300 g/mol. The first-order chi connectivity index (χ1) is 9.45. The van der Waals surface area contributed by atoms with Crippen molar-refractivity contribution in [1.82, 2.24) is 4.31 Å². The highest BCUT2D eigenvalue weighted by atomic mass is 32.2. The van der Waals surface area contributed by atoms with Gasteiger partial charge >= 0.3 is 0 Å². The first-order valence-electron chi connectivity index (χ1n) is 6.91. The summed E-state index contributed by atoms with van der Waals surface area (Å²) in [5.41, 5.74) is 5.99. The zero-order valence-electron chi connectivity index (χ0n) is 11.7. The van der Waals surface area contributed by atoms with E-state index in [0.29, 0.717) is 31.1 Å². The predicted molar refractivity (Wildman–Crippen MR) is 76.3 cm³/mol. The van der Waals surface area contributed by atoms with Crippen LogP contribution in [-0.2, 0) is 10.0 Å². The molecule has 1 unspecified atom stereocenters. The van der Waals surface area contributed by atoms with Gasteiger partial charge in [0.1, 0.15) is 5.82 Å². The van der Waals surface area contributed by atoms with E-state index in [0.717, 1.165) is 25.3 Å². The summed E-state index contributed by atoms with van der Waals surface area (Å²) in [5, 5.41) is 0. The first kappa shape index (κ1) is 15.4. The third kappa shape index (κ3) is 3.19. The summed E-state index contributed by atoms with van der Waals surface area (Å²) in [4.78, 5) is 0.0361. The van der Waals surface area contributed by atoms with Crippen LogP contribution in [0.5, 0.6) is 0 Å². The number of sulfonamides is 1. The Bertz CT molecular complexity index is 573. The lowest BCUT2D eigenvalue weighted by Gasteiger charge is -2.31. The van der Waals surface area contributed by atoms with Crippen LogP contribution in [0.1, 0.15) is 24.8 Å². The van der Waals surface area contributed by atoms with Gasteiger partial charge in [-0.1, -0.05) is 6.07 Å². The van der Waals surface area contributed by atoms with E-state index in [-0.39, 0.29) is 4.90 Å². The van der Waals surface area contributed by atoms with Crippen molar-refractivity contribution < 1.29 is 12.8 Å². The number of aryl methyl sites for hydroxylation is 1. The second kappa shape index (κ2) is 6.20. The highest BCUT2D eigenvalue weighted by Crippen LogP contribution is 2.26. The van der Waals surface area contributed by atoms with Gasteiger partial charge in [-0.3, -0.25) is 0 Å². The molecular weight excluding hydrogens is 279 g/mol. The lowest BCUT2D eigenvalue weighted by atomic mass is 9.96. The van der Waals surface area contributed by atoms with E-state index < -0.39 is 15.8 Å². The maximum Gasteiger partial charge on any atom is 0.243 e. The topological polar surface area (TPSA) is 63.4 Å². The fourth-order valence-corrected chi connectivity index (χ4v) is 4.17. The van der Waals surface area contributed by atoms with Gasteiger partial charge in [-0.05, 0) is 56.3 Å². The molecule has 0 amide bonds. The van der Waals surface area contributed by atoms with E-state index in [9.17, 15) is 12.8 Å². The molecule has 4 nitrogen and oxygen atoms in total. The van der Waals surface area contributed by atoms with Crippen molar-refractivity contribution >= 4 is 10.0 Å². The zero-order chi connectivity index (χ0) is 14.8. The molecule has 1 atom stereocenters. The lowest BCUT2D eigenvalue weighted by Crippen LogP contribution is -2.40. The zero-order valence-corrected chi connectivity index (χ0v) is 12.5. The molecule has 2 N–H and O–H groups in total. The molecule has 1 aromatic carbocycles. The van der Waals surface area contributed by atoms with Gasteiger partial charge in [-0.2, -0.15) is 4.31 Å². The van der Waals surface area contributed by atoms with Crippen molar-refractivity contribution in [1.29, 1.82) is 0 Å². The molecular formula is C14H21FN2O2S. The Morgan fingerprint density at radius 2 is 2.20 bits per heavy atom. The summed E-state index contributed by atoms with van der Waals surface area (Å²) in [6, 6.07) is 4.08. The molecule has 20 heavy (non-hydrogen) atoms. The van der Waals surface area contributed by atoms with E-state index in [1.54, 1.807) is 6.92 Å². The number of piperidine rings is 1. The van der Waals surface area contributed by atoms with Crippen LogP contribution in [0.15, 0.2) is 23.1 Å². The molecule has 0 saturated carbocycles. The van der Waals surface area contributed by atoms with E-state index in [4.69, 9.17) is 5.73 Å². The normalized spacial score (nSPS) is 21.1. The molecule has 1 aliphatic heterocycles. The molecule has 2 rings (SSSR count). The minimum atomic E-state index is -3.60. The van der Waals surface area contributed by atoms with Gasteiger partial charge in [0, 0.05) is 13.1 Å². The molecule has 6 heteroatoms. The Morgan fingerprint density at radius 1 is 1.45 bits per heavy atom. The summed E-state index contributed by atoms with van der Waals surface area (Å²) < 4.78 is 40.1. The van der Waals surface area contributed by atoms with Crippen molar-refractivity contribution in [3.8, 4) is 0 Å². The molecule has 112 valence electrons. The number of hydrogen-bond donors (Lipinski definition) is 1. The van der Waals surface area contributed by atoms with Crippen LogP contribution in [0, 0.1) is 18.7 Å². The standard InChI is InChI=1S/C14H21FN2O2S/c1-11-4-5-13(9-14(11)15)20(18,19)17-8-2-3-12(10-17)6-7-16/h4-5,9,12H,2-3,6-8,10,16H2,1H3. The van der Waals surface area contributed by atoms with Crippen LogP contribution in [0.3, 0.4) is 0 Å². The summed E-state index contributed by atoms with van der Waals surface area (Å²) in [7, 11) is -3.60. The van der Waals surface area contributed by atoms with E-state index in [2.05, 4.69) is 0 Å². The molecule has 0 aliphatic carbocycles. The van der Waals surface area contributed by atoms with Gasteiger partial charge in [-0.15, -0.1) is 0 Å². The molecule has 1 fully saturated rings. The van der Waals surface area contributed by atoms with Crippen LogP contribution in [0.25, 0.3) is 0 Å². The number of nitrogens with two attached hydrogens (primary N) is 1. The van der Waals surface area contributed by atoms with Crippen LogP contribution in [0.2, 0.25) is 0 Å². The molecule has 0 aromatic heterocycles. The third-order valence-electron chi connectivity index (χ3n) is 3.84. The first-order valence-corrected chi connectivity index (χ1v) is 8.35. The molecule has 0 radical (unpaired) electrons. The number of rotatable bonds is 4. The minimum absolute atomic E-state index is 0.0361. The Hall–Kier alpha value is -0.980. The monoisotopic (exact) mass is 300 g/mol. The highest BCUT2D eigenvalue weighted by molar-refractivity contribution is 7.89. The summed E-state index contributed by atoms with van der Waals surface area (Å²) in [6.45, 7) is 3.16. The highest BCUT2D eigenvalue weighted by Gasteiger charge is 2.30. The Morgan fingerprint density at radius 3 is 2.85 bits per heavy atom. The summed E-state index contributed by atoms with van der Waals surface area (Å²) in [5.74, 6) is -0.180. The van der Waals surface area contributed by atoms with Crippen molar-refractivity contribution in [3.05, 3.63) is 29.6 Å². The third-order valence-corrected chi connectivity index (χ3v) is 5.70. The van der Waals surface area contributed by atoms with E-state index in [1.165, 1.54) is 16.4 Å². The molecule has 1 heterocycles. The maximum atomic E-state index is 13.6. The van der Waals surface area contributed by atoms with Crippen molar-refractivity contribution in [2.45, 2.75) is 31.1 Å². The van der Waals surface area contributed by atoms with Crippen molar-refractivity contribution in [2.75, 3.05) is 19.6 Å². The maximum absolute atomic E-state index is 13.6. The summed E-state index contributed by atoms with van der Waals surface area (Å²) >= 11 is 0. The van der Waals surface area contributed by atoms with Crippen LogP contribution < -0.4 is 5.73 Å². The fraction of sp³-hybridized carbons (Fsp3) is 0.571. The van der Waals surface area contributed by atoms with Gasteiger partial charge in [0.15, 0.2) is 0 Å². The summed E-state index contributed by atoms with van der Waals surface area (Å²) in [6.07, 6.45) is 2.66. The Balaban J connectivity index is 2.23. The average Bonchev–Trinajstić information content (AvgIpc) is 2.42. The molecule has 1 saturated heterocycles. The number of benzene rings is 1. The van der Waals surface area contributed by atoms with Gasteiger partial charge < -0.3 is 5.73 Å². The predicted octanol–water partition coefficient (Wildman–Crippen LogP) is 1.88. The number of hydrogen-bond acceptors (Lipinski definition) is 3. The molecule has 0 spiro atoms. The SMILES string of the molecule is Cc1ccc(S(=O)(=O)N2CCCC(CCN)C2)cc1F. The van der Waals surface area contributed by atoms with Gasteiger partial charge in [0.05, 0.1) is 4.90 Å². The molecule has 1 aliphatic rings. The van der Waals surface area contributed by atoms with Crippen LogP contribution in [-0.4, -0.2) is 32.4 Å². The lowest BCUT2D eigenvalue weighted by molar-refractivity contribution is 0.258. The molecule has 0 bridgehead atoms. The largest absolute Gasteiger partial charge is 0.330 e. The van der Waals surface area contributed by atoms with Gasteiger partial charge in [0.2, 0.25) is 10.0 Å². The van der Waals surface area contributed by atoms with Crippen molar-refractivity contribution in [3.63, 3.8) is 0 Å². The number of halogens is 1. The number of nitrogens with zero attached hydrogens (tertiary/aromatic N) is 1. The Labute approximate surface area is 119 Å². The van der Waals surface area contributed by atoms with Crippen LogP contribution in [0.4, 0.5) is 4.39 Å². The van der Waals surface area contributed by atoms with Gasteiger partial charge in [0.25, 0.3) is 0 Å². The quantitative estimate of drug-likeness (QED) is 0.923. The van der Waals surface area contributed by atoms with E-state index >= 15 is 0 Å². The van der Waals surface area contributed by atoms with E-state index in [1.807, 2.05) is 0 Å². The second-order valence-corrected chi connectivity index (χ2v) is 7.30. The van der Waals surface area contributed by atoms with Crippen molar-refractivity contribution in [2.24, 2.45) is 11.7 Å². The molecule has 1 aromatic rings. The fourth-order valence-electron chi connectivity index (χ4n) is 2.60. The van der Waals surface area contributed by atoms with Gasteiger partial charge in [-0.25, -0.2) is 12.8 Å². The van der Waals surface area contributed by atoms with Crippen LogP contribution >= 0.6 is 0 Å². The second-order valence-electron chi connectivity index (χ2n) is 5.36. The smallest absolute Gasteiger partial charge is 0.243 e.